The van der Waals surface area contributed by atoms with Gasteiger partial charge in [-0.3, -0.25) is 0 Å². The third kappa shape index (κ3) is 6.66. The Bertz CT molecular complexity index is 368. The maximum atomic E-state index is 11.8. The maximum absolute atomic E-state index is 11.8. The highest BCUT2D eigenvalue weighted by molar-refractivity contribution is 4.89. The van der Waals surface area contributed by atoms with Crippen LogP contribution in [0.1, 0.15) is 89.9 Å². The van der Waals surface area contributed by atoms with Crippen molar-refractivity contribution in [3.05, 3.63) is 12.4 Å². The van der Waals surface area contributed by atoms with E-state index in [1.165, 1.54) is 64.2 Å². The van der Waals surface area contributed by atoms with Gasteiger partial charge in [-0.05, 0) is 69.1 Å². The summed E-state index contributed by atoms with van der Waals surface area (Å²) in [6.07, 6.45) is 20.3. The predicted molar refractivity (Wildman–Crippen MR) is 94.5 cm³/mol. The van der Waals surface area contributed by atoms with Gasteiger partial charge in [0.05, 0.1) is 12.4 Å². The Balaban J connectivity index is 1.52. The summed E-state index contributed by atoms with van der Waals surface area (Å²) in [5.74, 6) is 3.19. The molecule has 0 N–H and O–H groups in total. The molecule has 2 saturated carbocycles. The second kappa shape index (κ2) is 10.8. The molecular formula is C21H34FN. The zero-order valence-corrected chi connectivity index (χ0v) is 14.7. The van der Waals surface area contributed by atoms with Crippen molar-refractivity contribution in [3.63, 3.8) is 0 Å². The highest BCUT2D eigenvalue weighted by Crippen LogP contribution is 2.42. The Morgan fingerprint density at radius 2 is 1.43 bits per heavy atom. The number of nitrogens with zero attached hydrogens (tertiary/aromatic N) is 1. The average Bonchev–Trinajstić information content (AvgIpc) is 2.61. The largest absolute Gasteiger partial charge is 0.216 e. The van der Waals surface area contributed by atoms with Crippen LogP contribution in [-0.4, -0.2) is 0 Å². The first-order chi connectivity index (χ1) is 11.3. The minimum atomic E-state index is 0.350. The molecule has 0 radical (unpaired) electrons. The molecule has 2 aliphatic carbocycles. The lowest BCUT2D eigenvalue weighted by Gasteiger charge is -2.36. The monoisotopic (exact) mass is 319 g/mol. The molecule has 1 nitrogen and oxygen atoms in total. The second-order valence-corrected chi connectivity index (χ2v) is 7.87. The molecule has 0 aromatic carbocycles. The summed E-state index contributed by atoms with van der Waals surface area (Å²) in [5, 5.41) is 9.02. The Morgan fingerprint density at radius 3 is 2.04 bits per heavy atom. The molecule has 2 rings (SSSR count). The van der Waals surface area contributed by atoms with E-state index in [1.54, 1.807) is 6.08 Å². The van der Waals surface area contributed by atoms with Crippen LogP contribution in [0, 0.1) is 35.0 Å². The Labute approximate surface area is 142 Å². The third-order valence-corrected chi connectivity index (χ3v) is 6.33. The number of unbranched alkanes of at least 4 members (excludes halogenated alkanes) is 4. The van der Waals surface area contributed by atoms with Crippen molar-refractivity contribution in [1.82, 2.24) is 0 Å². The number of allylic oxidation sites excluding steroid dienone is 1. The molecule has 0 unspecified atom stereocenters. The van der Waals surface area contributed by atoms with Crippen molar-refractivity contribution in [2.24, 2.45) is 23.7 Å². The highest BCUT2D eigenvalue weighted by atomic mass is 19.1. The second-order valence-electron chi connectivity index (χ2n) is 7.87. The van der Waals surface area contributed by atoms with E-state index in [1.807, 2.05) is 0 Å². The first-order valence-corrected chi connectivity index (χ1v) is 9.98. The Hall–Kier alpha value is -0.840. The lowest BCUT2D eigenvalue weighted by atomic mass is 9.69. The van der Waals surface area contributed by atoms with E-state index in [0.717, 1.165) is 43.4 Å². The fraction of sp³-hybridized carbons (Fsp3) is 0.857. The van der Waals surface area contributed by atoms with Gasteiger partial charge in [-0.1, -0.05) is 44.6 Å². The first kappa shape index (κ1) is 18.5. The standard InChI is InChI=1S/C21H34FN/c22-16-6-4-2-1-3-5-7-18-8-12-20(13-9-18)21-14-10-19(17-23)11-15-21/h6,16,18-21H,1-5,7-15H2. The molecule has 0 saturated heterocycles. The van der Waals surface area contributed by atoms with E-state index in [-0.39, 0.29) is 0 Å². The molecule has 0 aromatic rings. The normalized spacial score (nSPS) is 32.0. The Kier molecular flexibility index (Phi) is 8.72. The maximum Gasteiger partial charge on any atom is 0.0827 e. The molecule has 0 aromatic heterocycles. The van der Waals surface area contributed by atoms with Gasteiger partial charge in [-0.15, -0.1) is 0 Å². The number of halogens is 1. The summed E-state index contributed by atoms with van der Waals surface area (Å²) >= 11 is 0. The van der Waals surface area contributed by atoms with Gasteiger partial charge in [-0.2, -0.15) is 5.26 Å². The van der Waals surface area contributed by atoms with Gasteiger partial charge in [0.1, 0.15) is 0 Å². The lowest BCUT2D eigenvalue weighted by Crippen LogP contribution is -2.25. The summed E-state index contributed by atoms with van der Waals surface area (Å²) < 4.78 is 11.8. The van der Waals surface area contributed by atoms with Crippen LogP contribution in [0.5, 0.6) is 0 Å². The molecule has 0 heterocycles. The van der Waals surface area contributed by atoms with Crippen LogP contribution in [0.4, 0.5) is 4.39 Å². The molecule has 2 heteroatoms. The SMILES string of the molecule is N#CC1CCC(C2CCC(CCCCCCC=CF)CC2)CC1. The minimum absolute atomic E-state index is 0.350. The summed E-state index contributed by atoms with van der Waals surface area (Å²) in [6, 6.07) is 2.46. The average molecular weight is 320 g/mol. The topological polar surface area (TPSA) is 23.8 Å². The molecule has 130 valence electrons. The molecule has 2 fully saturated rings. The van der Waals surface area contributed by atoms with Crippen molar-refractivity contribution in [1.29, 1.82) is 5.26 Å². The van der Waals surface area contributed by atoms with E-state index in [4.69, 9.17) is 5.26 Å². The van der Waals surface area contributed by atoms with Crippen LogP contribution in [-0.2, 0) is 0 Å². The van der Waals surface area contributed by atoms with Gasteiger partial charge in [0.15, 0.2) is 0 Å². The van der Waals surface area contributed by atoms with Crippen molar-refractivity contribution >= 4 is 0 Å². The van der Waals surface area contributed by atoms with E-state index in [2.05, 4.69) is 6.07 Å². The fourth-order valence-corrected chi connectivity index (χ4v) is 4.78. The van der Waals surface area contributed by atoms with Crippen LogP contribution in [0.3, 0.4) is 0 Å². The van der Waals surface area contributed by atoms with Crippen LogP contribution < -0.4 is 0 Å². The van der Waals surface area contributed by atoms with Gasteiger partial charge in [0.25, 0.3) is 0 Å². The number of nitriles is 1. The molecule has 0 spiro atoms. The van der Waals surface area contributed by atoms with Crippen molar-refractivity contribution in [2.45, 2.75) is 89.9 Å². The molecule has 0 aliphatic heterocycles. The highest BCUT2D eigenvalue weighted by Gasteiger charge is 2.30. The van der Waals surface area contributed by atoms with Crippen molar-refractivity contribution in [3.8, 4) is 6.07 Å². The smallest absolute Gasteiger partial charge is 0.0827 e. The summed E-state index contributed by atoms with van der Waals surface area (Å²) in [5.41, 5.74) is 0. The van der Waals surface area contributed by atoms with Gasteiger partial charge in [0, 0.05) is 5.92 Å². The van der Waals surface area contributed by atoms with E-state index in [0.29, 0.717) is 12.2 Å². The fourth-order valence-electron chi connectivity index (χ4n) is 4.78. The first-order valence-electron chi connectivity index (χ1n) is 9.98. The third-order valence-electron chi connectivity index (χ3n) is 6.33. The Morgan fingerprint density at radius 1 is 0.826 bits per heavy atom. The number of hydrogen-bond donors (Lipinski definition) is 0. The lowest BCUT2D eigenvalue weighted by molar-refractivity contribution is 0.152. The zero-order valence-electron chi connectivity index (χ0n) is 14.7. The van der Waals surface area contributed by atoms with Crippen molar-refractivity contribution < 1.29 is 4.39 Å². The van der Waals surface area contributed by atoms with Crippen LogP contribution in [0.15, 0.2) is 12.4 Å². The molecule has 2 aliphatic rings. The molecule has 0 atom stereocenters. The molecule has 23 heavy (non-hydrogen) atoms. The van der Waals surface area contributed by atoms with Gasteiger partial charge in [-0.25, -0.2) is 4.39 Å². The zero-order chi connectivity index (χ0) is 16.3. The summed E-state index contributed by atoms with van der Waals surface area (Å²) in [6.45, 7) is 0. The van der Waals surface area contributed by atoms with E-state index < -0.39 is 0 Å². The van der Waals surface area contributed by atoms with E-state index in [9.17, 15) is 4.39 Å². The molecule has 0 bridgehead atoms. The van der Waals surface area contributed by atoms with Crippen LogP contribution in [0.2, 0.25) is 0 Å². The summed E-state index contributed by atoms with van der Waals surface area (Å²) in [7, 11) is 0. The number of rotatable bonds is 8. The van der Waals surface area contributed by atoms with Gasteiger partial charge < -0.3 is 0 Å². The van der Waals surface area contributed by atoms with Crippen LogP contribution >= 0.6 is 0 Å². The summed E-state index contributed by atoms with van der Waals surface area (Å²) in [4.78, 5) is 0. The number of hydrogen-bond acceptors (Lipinski definition) is 1. The van der Waals surface area contributed by atoms with Crippen molar-refractivity contribution in [2.75, 3.05) is 0 Å². The molecular weight excluding hydrogens is 285 g/mol. The molecule has 0 amide bonds. The quantitative estimate of drug-likeness (QED) is 0.444. The van der Waals surface area contributed by atoms with Crippen LogP contribution in [0.25, 0.3) is 0 Å². The van der Waals surface area contributed by atoms with Gasteiger partial charge in [0.2, 0.25) is 0 Å². The van der Waals surface area contributed by atoms with Gasteiger partial charge >= 0.3 is 0 Å². The minimum Gasteiger partial charge on any atom is -0.216 e. The predicted octanol–water partition coefficient (Wildman–Crippen LogP) is 6.95. The van der Waals surface area contributed by atoms with E-state index >= 15 is 0 Å².